The molecule has 3 saturated heterocycles. The lowest BCUT2D eigenvalue weighted by molar-refractivity contribution is -0.379. The van der Waals surface area contributed by atoms with Crippen molar-refractivity contribution in [2.45, 2.75) is 401 Å². The molecule has 0 spiro atoms. The molecule has 0 aromatic carbocycles. The molecule has 3 rings (SSSR count). The minimum Gasteiger partial charge on any atom is -0.394 e. The monoisotopic (exact) mass is 1300 g/mol. The van der Waals surface area contributed by atoms with Gasteiger partial charge in [0.25, 0.3) is 0 Å². The molecule has 91 heavy (non-hydrogen) atoms. The van der Waals surface area contributed by atoms with E-state index in [1.807, 2.05) is 6.08 Å². The fourth-order valence-electron chi connectivity index (χ4n) is 12.7. The Morgan fingerprint density at radius 2 is 0.703 bits per heavy atom. The largest absolute Gasteiger partial charge is 0.394 e. The zero-order chi connectivity index (χ0) is 66.1. The van der Waals surface area contributed by atoms with Gasteiger partial charge in [-0.3, -0.25) is 4.79 Å². The molecule has 1 amide bonds. The predicted molar refractivity (Wildman–Crippen MR) is 356 cm³/mol. The van der Waals surface area contributed by atoms with E-state index in [9.17, 15) is 61.0 Å². The standard InChI is InChI=1S/C72H135NO18/c1-3-5-7-9-11-13-15-17-19-20-21-22-23-24-25-26-27-28-29-30-31-32-33-34-36-37-39-41-43-45-47-49-56(77)55(73-60(78)50-48-46-44-42-40-38-35-18-16-14-12-10-8-6-4-2)54-86-70-66(84)63(81)68(58(52-75)88-70)91-72-67(85)64(82)69(59(53-76)89-72)90-71-65(83)62(80)61(79)57(51-74)87-71/h39,41,47,49,55-59,61-72,74-77,79-85H,3-38,40,42-46,48,50-54H2,1-2H3,(H,73,78)/b41-39+,49-47+. The van der Waals surface area contributed by atoms with E-state index in [4.69, 9.17) is 28.4 Å². The molecule has 0 bridgehead atoms. The Labute approximate surface area is 549 Å². The van der Waals surface area contributed by atoms with Crippen LogP contribution in [0.4, 0.5) is 0 Å². The summed E-state index contributed by atoms with van der Waals surface area (Å²) in [6, 6.07) is -0.987. The highest BCUT2D eigenvalue weighted by molar-refractivity contribution is 5.76. The smallest absolute Gasteiger partial charge is 0.220 e. The third-order valence-corrected chi connectivity index (χ3v) is 18.8. The average Bonchev–Trinajstić information content (AvgIpc) is 0.876. The topological polar surface area (TPSA) is 307 Å². The van der Waals surface area contributed by atoms with Crippen molar-refractivity contribution in [1.82, 2.24) is 5.32 Å². The number of carbonyl (C=O) groups excluding carboxylic acids is 1. The van der Waals surface area contributed by atoms with E-state index in [0.717, 1.165) is 38.5 Å². The molecule has 3 aliphatic heterocycles. The number of amides is 1. The molecule has 0 saturated carbocycles. The Morgan fingerprint density at radius 3 is 1.10 bits per heavy atom. The average molecular weight is 1300 g/mol. The number of nitrogens with one attached hydrogen (secondary N) is 1. The van der Waals surface area contributed by atoms with Crippen molar-refractivity contribution in [3.05, 3.63) is 24.3 Å². The maximum Gasteiger partial charge on any atom is 0.220 e. The van der Waals surface area contributed by atoms with Crippen LogP contribution in [0.25, 0.3) is 0 Å². The SMILES string of the molecule is CCCCCCCCCCCCCCCCCCCCCCCCCCC/C=C/CC/C=C/C(O)C(COC1OC(CO)C(OC2OC(CO)C(OC3OC(CO)C(O)C(O)C3O)C(O)C2O)C(O)C1O)NC(=O)CCCCCCCCCCCCCCCCC. The van der Waals surface area contributed by atoms with Gasteiger partial charge >= 0.3 is 0 Å². The van der Waals surface area contributed by atoms with Gasteiger partial charge in [0, 0.05) is 6.42 Å². The number of aliphatic hydroxyl groups excluding tert-OH is 11. The highest BCUT2D eigenvalue weighted by Crippen LogP contribution is 2.33. The zero-order valence-corrected chi connectivity index (χ0v) is 56.8. The number of ether oxygens (including phenoxy) is 6. The second kappa shape index (κ2) is 54.3. The van der Waals surface area contributed by atoms with Gasteiger partial charge in [0.15, 0.2) is 18.9 Å². The first-order valence-corrected chi connectivity index (χ1v) is 37.1. The molecular weight excluding hydrogens is 1170 g/mol. The van der Waals surface area contributed by atoms with Crippen LogP contribution in [0.2, 0.25) is 0 Å². The molecule has 3 heterocycles. The maximum atomic E-state index is 13.4. The zero-order valence-electron chi connectivity index (χ0n) is 56.8. The van der Waals surface area contributed by atoms with Crippen LogP contribution in [-0.4, -0.2) is 193 Å². The van der Waals surface area contributed by atoms with Gasteiger partial charge in [-0.25, -0.2) is 0 Å². The van der Waals surface area contributed by atoms with E-state index >= 15 is 0 Å². The van der Waals surface area contributed by atoms with Gasteiger partial charge in [-0.2, -0.15) is 0 Å². The van der Waals surface area contributed by atoms with Gasteiger partial charge in [0.05, 0.1) is 38.6 Å². The Morgan fingerprint density at radius 1 is 0.385 bits per heavy atom. The Hall–Kier alpha value is -1.73. The summed E-state index contributed by atoms with van der Waals surface area (Å²) >= 11 is 0. The van der Waals surface area contributed by atoms with Gasteiger partial charge in [0.2, 0.25) is 5.91 Å². The molecule has 17 atom stereocenters. The summed E-state index contributed by atoms with van der Waals surface area (Å²) in [4.78, 5) is 13.4. The lowest BCUT2D eigenvalue weighted by Gasteiger charge is -2.48. The number of carbonyl (C=O) groups is 1. The summed E-state index contributed by atoms with van der Waals surface area (Å²) in [6.45, 7) is 1.75. The Balaban J connectivity index is 1.39. The second-order valence-electron chi connectivity index (χ2n) is 26.8. The highest BCUT2D eigenvalue weighted by atomic mass is 16.8. The molecule has 3 aliphatic rings. The Kier molecular flexibility index (Phi) is 49.8. The molecule has 19 nitrogen and oxygen atoms in total. The van der Waals surface area contributed by atoms with Gasteiger partial charge in [-0.15, -0.1) is 0 Å². The molecule has 536 valence electrons. The van der Waals surface area contributed by atoms with Crippen molar-refractivity contribution < 1.29 is 89.4 Å². The van der Waals surface area contributed by atoms with Crippen molar-refractivity contribution in [3.8, 4) is 0 Å². The van der Waals surface area contributed by atoms with Crippen LogP contribution >= 0.6 is 0 Å². The van der Waals surface area contributed by atoms with Crippen LogP contribution < -0.4 is 5.32 Å². The normalized spacial score (nSPS) is 27.9. The summed E-state index contributed by atoms with van der Waals surface area (Å²) in [5.41, 5.74) is 0. The first-order valence-electron chi connectivity index (χ1n) is 37.1. The van der Waals surface area contributed by atoms with E-state index in [-0.39, 0.29) is 18.9 Å². The van der Waals surface area contributed by atoms with Crippen LogP contribution in [0.5, 0.6) is 0 Å². The summed E-state index contributed by atoms with van der Waals surface area (Å²) in [7, 11) is 0. The lowest BCUT2D eigenvalue weighted by Crippen LogP contribution is -2.66. The van der Waals surface area contributed by atoms with Crippen molar-refractivity contribution >= 4 is 5.91 Å². The van der Waals surface area contributed by atoms with Crippen LogP contribution in [-0.2, 0) is 33.2 Å². The quantitative estimate of drug-likeness (QED) is 0.0199. The van der Waals surface area contributed by atoms with Crippen LogP contribution in [0, 0.1) is 0 Å². The number of rotatable bonds is 58. The van der Waals surface area contributed by atoms with Gasteiger partial charge < -0.3 is 89.9 Å². The van der Waals surface area contributed by atoms with Gasteiger partial charge in [-0.1, -0.05) is 282 Å². The molecule has 0 aromatic heterocycles. The second-order valence-corrected chi connectivity index (χ2v) is 26.8. The van der Waals surface area contributed by atoms with E-state index in [0.29, 0.717) is 12.8 Å². The van der Waals surface area contributed by atoms with Crippen LogP contribution in [0.3, 0.4) is 0 Å². The lowest BCUT2D eigenvalue weighted by atomic mass is 9.96. The van der Waals surface area contributed by atoms with E-state index < -0.39 is 124 Å². The highest BCUT2D eigenvalue weighted by Gasteiger charge is 2.53. The molecule has 17 unspecified atom stereocenters. The first kappa shape index (κ1) is 83.5. The molecule has 0 aliphatic carbocycles. The fraction of sp³-hybridized carbons (Fsp3) is 0.931. The van der Waals surface area contributed by atoms with Crippen LogP contribution in [0.1, 0.15) is 296 Å². The fourth-order valence-corrected chi connectivity index (χ4v) is 12.7. The van der Waals surface area contributed by atoms with E-state index in [2.05, 4.69) is 31.3 Å². The minimum absolute atomic E-state index is 0.240. The van der Waals surface area contributed by atoms with Crippen molar-refractivity contribution in [2.24, 2.45) is 0 Å². The van der Waals surface area contributed by atoms with Crippen LogP contribution in [0.15, 0.2) is 24.3 Å². The Bertz CT molecular complexity index is 1750. The van der Waals surface area contributed by atoms with E-state index in [1.165, 1.54) is 225 Å². The molecule has 0 aromatic rings. The summed E-state index contributed by atoms with van der Waals surface area (Å²) in [5, 5.41) is 121. The first-order chi connectivity index (χ1) is 44.3. The van der Waals surface area contributed by atoms with Crippen molar-refractivity contribution in [1.29, 1.82) is 0 Å². The summed E-state index contributed by atoms with van der Waals surface area (Å²) in [5.74, 6) is -0.281. The summed E-state index contributed by atoms with van der Waals surface area (Å²) < 4.78 is 34.4. The third kappa shape index (κ3) is 35.9. The minimum atomic E-state index is -1.98. The van der Waals surface area contributed by atoms with Gasteiger partial charge in [0.1, 0.15) is 73.2 Å². The maximum absolute atomic E-state index is 13.4. The van der Waals surface area contributed by atoms with Gasteiger partial charge in [-0.05, 0) is 32.1 Å². The molecular formula is C72H135NO18. The molecule has 0 radical (unpaired) electrons. The number of hydrogen-bond acceptors (Lipinski definition) is 18. The third-order valence-electron chi connectivity index (χ3n) is 18.8. The van der Waals surface area contributed by atoms with Crippen molar-refractivity contribution in [3.63, 3.8) is 0 Å². The van der Waals surface area contributed by atoms with Crippen molar-refractivity contribution in [2.75, 3.05) is 26.4 Å². The molecule has 12 N–H and O–H groups in total. The number of allylic oxidation sites excluding steroid dienone is 3. The summed E-state index contributed by atoms with van der Waals surface area (Å²) in [6.07, 6.45) is 36.1. The predicted octanol–water partition coefficient (Wildman–Crippen LogP) is 10.6. The molecule has 3 fully saturated rings. The number of unbranched alkanes of at least 4 members (excludes halogenated alkanes) is 40. The number of aliphatic hydroxyl groups is 11. The molecule has 19 heteroatoms. The van der Waals surface area contributed by atoms with E-state index in [1.54, 1.807) is 6.08 Å². The number of hydrogen-bond donors (Lipinski definition) is 12.